The maximum Gasteiger partial charge on any atom is 0.308 e. The van der Waals surface area contributed by atoms with Gasteiger partial charge in [0.1, 0.15) is 12.7 Å². The second-order valence-corrected chi connectivity index (χ2v) is 22.0. The molecule has 1 fully saturated rings. The van der Waals surface area contributed by atoms with E-state index in [4.69, 9.17) is 23.7 Å². The third-order valence-corrected chi connectivity index (χ3v) is 14.4. The molecule has 0 aromatic carbocycles. The van der Waals surface area contributed by atoms with Gasteiger partial charge in [-0.1, -0.05) is 211 Å². The lowest BCUT2D eigenvalue weighted by Gasteiger charge is -2.24. The van der Waals surface area contributed by atoms with Crippen molar-refractivity contribution in [2.24, 2.45) is 0 Å². The predicted octanol–water partition coefficient (Wildman–Crippen LogP) is 18.1. The van der Waals surface area contributed by atoms with Crippen LogP contribution in [0.1, 0.15) is 303 Å². The van der Waals surface area contributed by atoms with E-state index in [2.05, 4.69) is 57.2 Å². The number of unbranched alkanes of at least 4 members (excludes halogenated alkanes) is 33. The average Bonchev–Trinajstić information content (AvgIpc) is 3.69. The molecule has 10 nitrogen and oxygen atoms in total. The van der Waals surface area contributed by atoms with Gasteiger partial charge in [-0.2, -0.15) is 0 Å². The first kappa shape index (κ1) is 70.0. The molecular formula is C65H117NO9. The van der Waals surface area contributed by atoms with Gasteiger partial charge in [-0.3, -0.25) is 19.2 Å². The summed E-state index contributed by atoms with van der Waals surface area (Å²) in [4.78, 5) is 55.3. The van der Waals surface area contributed by atoms with Gasteiger partial charge in [0.2, 0.25) is 12.4 Å². The van der Waals surface area contributed by atoms with Crippen LogP contribution in [0.5, 0.6) is 0 Å². The predicted molar refractivity (Wildman–Crippen MR) is 312 cm³/mol. The number of allylic oxidation sites excluding steroid dienone is 6. The largest absolute Gasteiger partial charge is 0.463 e. The second kappa shape index (κ2) is 53.0. The Morgan fingerprint density at radius 2 is 0.653 bits per heavy atom. The summed E-state index contributed by atoms with van der Waals surface area (Å²) in [5, 5.41) is 0. The van der Waals surface area contributed by atoms with Gasteiger partial charge in [-0.05, 0) is 123 Å². The van der Waals surface area contributed by atoms with E-state index in [0.29, 0.717) is 25.7 Å². The molecule has 1 rings (SSSR count). The van der Waals surface area contributed by atoms with Crippen molar-refractivity contribution in [3.8, 4) is 0 Å². The molecule has 4 atom stereocenters. The number of hydrogen-bond acceptors (Lipinski definition) is 10. The molecule has 0 amide bonds. The van der Waals surface area contributed by atoms with Crippen molar-refractivity contribution in [1.29, 1.82) is 0 Å². The van der Waals surface area contributed by atoms with E-state index in [1.165, 1.54) is 135 Å². The van der Waals surface area contributed by atoms with Crippen LogP contribution >= 0.6 is 0 Å². The van der Waals surface area contributed by atoms with Crippen LogP contribution in [0.25, 0.3) is 0 Å². The van der Waals surface area contributed by atoms with Crippen LogP contribution in [0.2, 0.25) is 0 Å². The lowest BCUT2D eigenvalue weighted by Crippen LogP contribution is -2.42. The highest BCUT2D eigenvalue weighted by atomic mass is 16.8. The smallest absolute Gasteiger partial charge is 0.308 e. The summed E-state index contributed by atoms with van der Waals surface area (Å²) in [5.74, 6) is -1.77. The van der Waals surface area contributed by atoms with E-state index in [1.54, 1.807) is 0 Å². The van der Waals surface area contributed by atoms with Crippen molar-refractivity contribution in [2.45, 2.75) is 328 Å². The van der Waals surface area contributed by atoms with Crippen LogP contribution in [0, 0.1) is 0 Å². The summed E-state index contributed by atoms with van der Waals surface area (Å²) in [5.41, 5.74) is 0. The van der Waals surface area contributed by atoms with Crippen LogP contribution in [0.15, 0.2) is 36.5 Å². The van der Waals surface area contributed by atoms with Gasteiger partial charge in [-0.25, -0.2) is 0 Å². The fourth-order valence-corrected chi connectivity index (χ4v) is 9.61. The minimum atomic E-state index is -1.30. The van der Waals surface area contributed by atoms with Crippen molar-refractivity contribution in [2.75, 3.05) is 27.2 Å². The van der Waals surface area contributed by atoms with Gasteiger partial charge in [0, 0.05) is 25.7 Å². The molecule has 436 valence electrons. The zero-order valence-corrected chi connectivity index (χ0v) is 49.4. The Morgan fingerprint density at radius 3 is 1.00 bits per heavy atom. The maximum absolute atomic E-state index is 13.5. The van der Waals surface area contributed by atoms with Crippen molar-refractivity contribution in [3.63, 3.8) is 0 Å². The first-order chi connectivity index (χ1) is 36.7. The summed E-state index contributed by atoms with van der Waals surface area (Å²) in [7, 11) is 3.90. The van der Waals surface area contributed by atoms with Crippen LogP contribution in [-0.2, 0) is 42.9 Å². The van der Waals surface area contributed by atoms with Gasteiger partial charge in [0.05, 0.1) is 0 Å². The molecule has 1 aliphatic heterocycles. The van der Waals surface area contributed by atoms with E-state index in [1.807, 2.05) is 19.0 Å². The zero-order valence-electron chi connectivity index (χ0n) is 49.4. The minimum absolute atomic E-state index is 0.186. The van der Waals surface area contributed by atoms with Crippen molar-refractivity contribution in [1.82, 2.24) is 4.90 Å². The second-order valence-electron chi connectivity index (χ2n) is 22.0. The number of hydrogen-bond donors (Lipinski definition) is 0. The number of rotatable bonds is 54. The standard InChI is InChI=1S/C65H117NO9/c1-6-9-12-15-18-21-24-27-30-33-36-39-42-45-48-52-60(68)73-63-58(57-71-59(67)55-51-56-66(4)5)72-65(75-62(70)54-50-47-44-41-38-35-32-29-26-23-20-17-14-11-8-3)64(63)74-61(69)53-49-46-43-40-37-34-31-28-25-22-19-16-13-10-7-2/h27-32,58,63-65H,6-26,33-57H2,1-5H3/b30-27-,31-28-,32-29-/t58-,63+,64?,65+/m1/s1. The number of carbonyl (C=O) groups excluding carboxylic acids is 4. The Labute approximate surface area is 461 Å². The van der Waals surface area contributed by atoms with Crippen LogP contribution in [0.3, 0.4) is 0 Å². The molecule has 0 spiro atoms. The first-order valence-corrected chi connectivity index (χ1v) is 31.7. The number of carbonyl (C=O) groups is 4. The highest BCUT2D eigenvalue weighted by Crippen LogP contribution is 2.30. The number of nitrogens with zero attached hydrogens (tertiary/aromatic N) is 1. The van der Waals surface area contributed by atoms with Crippen molar-refractivity contribution in [3.05, 3.63) is 36.5 Å². The van der Waals surface area contributed by atoms with Crippen molar-refractivity contribution < 1.29 is 42.9 Å². The molecule has 1 heterocycles. The van der Waals surface area contributed by atoms with Crippen LogP contribution in [0.4, 0.5) is 0 Å². The molecule has 0 saturated carbocycles. The Hall–Kier alpha value is -2.98. The first-order valence-electron chi connectivity index (χ1n) is 31.7. The number of ether oxygens (including phenoxy) is 5. The minimum Gasteiger partial charge on any atom is -0.463 e. The molecule has 1 saturated heterocycles. The third-order valence-electron chi connectivity index (χ3n) is 14.4. The Morgan fingerprint density at radius 1 is 0.360 bits per heavy atom. The van der Waals surface area contributed by atoms with E-state index in [0.717, 1.165) is 103 Å². The third kappa shape index (κ3) is 44.7. The average molecular weight is 1060 g/mol. The van der Waals surface area contributed by atoms with Crippen LogP contribution in [-0.4, -0.2) is 80.6 Å². The zero-order chi connectivity index (χ0) is 54.5. The number of esters is 4. The lowest BCUT2D eigenvalue weighted by atomic mass is 10.1. The lowest BCUT2D eigenvalue weighted by molar-refractivity contribution is -0.200. The molecular weight excluding hydrogens is 939 g/mol. The molecule has 0 radical (unpaired) electrons. The highest BCUT2D eigenvalue weighted by molar-refractivity contribution is 5.72. The Bertz CT molecular complexity index is 1430. The molecule has 10 heteroatoms. The van der Waals surface area contributed by atoms with Gasteiger partial charge < -0.3 is 28.6 Å². The fourth-order valence-electron chi connectivity index (χ4n) is 9.61. The molecule has 0 aromatic heterocycles. The van der Waals surface area contributed by atoms with E-state index in [-0.39, 0.29) is 32.3 Å². The Balaban J connectivity index is 2.82. The van der Waals surface area contributed by atoms with Gasteiger partial charge >= 0.3 is 23.9 Å². The highest BCUT2D eigenvalue weighted by Gasteiger charge is 2.52. The van der Waals surface area contributed by atoms with E-state index in [9.17, 15) is 19.2 Å². The molecule has 0 N–H and O–H groups in total. The van der Waals surface area contributed by atoms with Gasteiger partial charge in [-0.15, -0.1) is 0 Å². The molecule has 1 unspecified atom stereocenters. The van der Waals surface area contributed by atoms with E-state index >= 15 is 0 Å². The van der Waals surface area contributed by atoms with Gasteiger partial charge in [0.25, 0.3) is 0 Å². The van der Waals surface area contributed by atoms with Crippen molar-refractivity contribution >= 4 is 23.9 Å². The molecule has 1 aliphatic rings. The molecule has 0 bridgehead atoms. The summed E-state index contributed by atoms with van der Waals surface area (Å²) in [6.07, 6.45) is 55.8. The van der Waals surface area contributed by atoms with E-state index < -0.39 is 48.5 Å². The monoisotopic (exact) mass is 1060 g/mol. The maximum atomic E-state index is 13.5. The summed E-state index contributed by atoms with van der Waals surface area (Å²) >= 11 is 0. The SMILES string of the molecule is CCCCCCCC/C=C\CCCCCCCC(=O)OC1[C@H](OC(=O)CCCCCCC/C=C\CCCCCCCC)O[C@H](COC(=O)CCCN(C)C)[C@@H]1OC(=O)CCCCCCC/C=C\CCCCCCCC. The summed E-state index contributed by atoms with van der Waals surface area (Å²) in [6.45, 7) is 7.27. The fraction of sp³-hybridized carbons (Fsp3) is 0.846. The summed E-state index contributed by atoms with van der Waals surface area (Å²) in [6, 6.07) is 0. The topological polar surface area (TPSA) is 118 Å². The Kier molecular flexibility index (Phi) is 49.5. The van der Waals surface area contributed by atoms with Gasteiger partial charge in [0.15, 0.2) is 6.10 Å². The normalized spacial score (nSPS) is 16.8. The molecule has 0 aromatic rings. The molecule has 0 aliphatic carbocycles. The summed E-state index contributed by atoms with van der Waals surface area (Å²) < 4.78 is 30.0. The van der Waals surface area contributed by atoms with Crippen LogP contribution < -0.4 is 0 Å². The quantitative estimate of drug-likeness (QED) is 0.0252. The molecule has 75 heavy (non-hydrogen) atoms.